The van der Waals surface area contributed by atoms with Crippen LogP contribution < -0.4 is 5.32 Å². The molecule has 2 unspecified atom stereocenters. The van der Waals surface area contributed by atoms with Crippen LogP contribution in [0.2, 0.25) is 0 Å². The van der Waals surface area contributed by atoms with Crippen LogP contribution in [0, 0.1) is 11.8 Å². The van der Waals surface area contributed by atoms with Gasteiger partial charge in [0.2, 0.25) is 0 Å². The van der Waals surface area contributed by atoms with Crippen molar-refractivity contribution in [1.82, 2.24) is 5.32 Å². The Morgan fingerprint density at radius 3 is 1.90 bits per heavy atom. The van der Waals surface area contributed by atoms with Crippen molar-refractivity contribution in [2.75, 3.05) is 6.54 Å². The number of ketones is 1. The molecule has 0 aromatic heterocycles. The number of rotatable bonds is 6. The van der Waals surface area contributed by atoms with Gasteiger partial charge < -0.3 is 5.32 Å². The Morgan fingerprint density at radius 2 is 1.48 bits per heavy atom. The van der Waals surface area contributed by atoms with Gasteiger partial charge in [0.15, 0.2) is 0 Å². The fourth-order valence-electron chi connectivity index (χ4n) is 3.88. The molecule has 0 saturated heterocycles. The van der Waals surface area contributed by atoms with Crippen LogP contribution in [0.3, 0.4) is 0 Å². The molecule has 0 aromatic carbocycles. The van der Waals surface area contributed by atoms with Crippen molar-refractivity contribution in [3.63, 3.8) is 0 Å². The summed E-state index contributed by atoms with van der Waals surface area (Å²) in [5.74, 6) is 1.62. The number of hydrogen-bond donors (Lipinski definition) is 1. The number of nitrogens with one attached hydrogen (secondary N) is 1. The molecule has 1 aliphatic rings. The van der Waals surface area contributed by atoms with Crippen molar-refractivity contribution in [3.05, 3.63) is 0 Å². The molecule has 0 radical (unpaired) electrons. The quantitative estimate of drug-likeness (QED) is 0.737. The Balaban J connectivity index is 2.85. The van der Waals surface area contributed by atoms with Crippen LogP contribution >= 0.6 is 0 Å². The highest BCUT2D eigenvalue weighted by Gasteiger charge is 2.37. The van der Waals surface area contributed by atoms with Gasteiger partial charge in [0.25, 0.3) is 0 Å². The van der Waals surface area contributed by atoms with E-state index in [4.69, 9.17) is 0 Å². The molecule has 2 heteroatoms. The summed E-state index contributed by atoms with van der Waals surface area (Å²) in [6.07, 6.45) is 13.2. The average Bonchev–Trinajstić information content (AvgIpc) is 2.49. The molecule has 1 saturated carbocycles. The summed E-state index contributed by atoms with van der Waals surface area (Å²) in [5, 5.41) is 3.72. The second-order valence-corrected chi connectivity index (χ2v) is 7.36. The van der Waals surface area contributed by atoms with Gasteiger partial charge in [0.05, 0.1) is 6.54 Å². The summed E-state index contributed by atoms with van der Waals surface area (Å²) in [4.78, 5) is 11.5. The standard InChI is InChI=1S/C19H37NO/c1-5-16(2)18(4)19(20-15-17(3)21)13-11-9-7-6-8-10-12-14-19/h16,18,20H,5-15H2,1-4H3. The lowest BCUT2D eigenvalue weighted by Gasteiger charge is -2.44. The molecule has 0 aromatic rings. The van der Waals surface area contributed by atoms with Crippen LogP contribution in [0.1, 0.15) is 91.9 Å². The Kier molecular flexibility index (Phi) is 8.55. The second kappa shape index (κ2) is 9.61. The third-order valence-electron chi connectivity index (χ3n) is 5.80. The molecule has 1 N–H and O–H groups in total. The maximum atomic E-state index is 11.5. The molecule has 0 spiro atoms. The zero-order valence-electron chi connectivity index (χ0n) is 14.8. The van der Waals surface area contributed by atoms with Crippen LogP contribution in [0.15, 0.2) is 0 Å². The van der Waals surface area contributed by atoms with Gasteiger partial charge in [-0.2, -0.15) is 0 Å². The first-order chi connectivity index (χ1) is 10.0. The fraction of sp³-hybridized carbons (Fsp3) is 0.947. The van der Waals surface area contributed by atoms with Crippen LogP contribution in [-0.2, 0) is 4.79 Å². The van der Waals surface area contributed by atoms with E-state index in [0.717, 1.165) is 0 Å². The lowest BCUT2D eigenvalue weighted by molar-refractivity contribution is -0.116. The predicted molar refractivity (Wildman–Crippen MR) is 91.6 cm³/mol. The van der Waals surface area contributed by atoms with Crippen molar-refractivity contribution >= 4 is 5.78 Å². The SMILES string of the molecule is CCC(C)C(C)C1(NCC(C)=O)CCCCCCCCC1. The first kappa shape index (κ1) is 18.7. The van der Waals surface area contributed by atoms with E-state index in [2.05, 4.69) is 26.1 Å². The lowest BCUT2D eigenvalue weighted by atomic mass is 9.70. The van der Waals surface area contributed by atoms with Gasteiger partial charge >= 0.3 is 0 Å². The van der Waals surface area contributed by atoms with Gasteiger partial charge in [0.1, 0.15) is 5.78 Å². The summed E-state index contributed by atoms with van der Waals surface area (Å²) in [6, 6.07) is 0. The van der Waals surface area contributed by atoms with E-state index in [1.165, 1.54) is 64.2 Å². The molecule has 1 fully saturated rings. The van der Waals surface area contributed by atoms with Crippen LogP contribution in [0.25, 0.3) is 0 Å². The maximum Gasteiger partial charge on any atom is 0.143 e. The van der Waals surface area contributed by atoms with Crippen molar-refractivity contribution in [3.8, 4) is 0 Å². The second-order valence-electron chi connectivity index (χ2n) is 7.36. The van der Waals surface area contributed by atoms with Crippen LogP contribution in [-0.4, -0.2) is 17.9 Å². The Morgan fingerprint density at radius 1 is 1.00 bits per heavy atom. The first-order valence-electron chi connectivity index (χ1n) is 9.26. The number of carbonyl (C=O) groups excluding carboxylic acids is 1. The van der Waals surface area contributed by atoms with E-state index >= 15 is 0 Å². The minimum Gasteiger partial charge on any atom is -0.304 e. The largest absolute Gasteiger partial charge is 0.304 e. The number of carbonyl (C=O) groups is 1. The molecule has 0 heterocycles. The van der Waals surface area contributed by atoms with Crippen molar-refractivity contribution in [1.29, 1.82) is 0 Å². The molecule has 0 amide bonds. The highest BCUT2D eigenvalue weighted by atomic mass is 16.1. The van der Waals surface area contributed by atoms with E-state index in [1.807, 2.05) is 0 Å². The normalized spacial score (nSPS) is 23.2. The Bertz CT molecular complexity index is 290. The Labute approximate surface area is 132 Å². The molecule has 2 nitrogen and oxygen atoms in total. The van der Waals surface area contributed by atoms with Crippen molar-refractivity contribution in [2.24, 2.45) is 11.8 Å². The molecule has 0 aliphatic heterocycles. The van der Waals surface area contributed by atoms with Crippen LogP contribution in [0.5, 0.6) is 0 Å². The number of hydrogen-bond acceptors (Lipinski definition) is 2. The van der Waals surface area contributed by atoms with Gasteiger partial charge in [-0.25, -0.2) is 0 Å². The molecule has 124 valence electrons. The summed E-state index contributed by atoms with van der Waals surface area (Å²) in [5.41, 5.74) is 0.179. The number of Topliss-reactive ketones (excluding diaryl/α,β-unsaturated/α-hetero) is 1. The monoisotopic (exact) mass is 295 g/mol. The van der Waals surface area contributed by atoms with Crippen molar-refractivity contribution < 1.29 is 4.79 Å². The van der Waals surface area contributed by atoms with Crippen LogP contribution in [0.4, 0.5) is 0 Å². The summed E-state index contributed by atoms with van der Waals surface area (Å²) >= 11 is 0. The third-order valence-corrected chi connectivity index (χ3v) is 5.80. The maximum absolute atomic E-state index is 11.5. The molecule has 21 heavy (non-hydrogen) atoms. The van der Waals surface area contributed by atoms with Gasteiger partial charge in [-0.05, 0) is 31.6 Å². The first-order valence-corrected chi connectivity index (χ1v) is 9.26. The molecular formula is C19H37NO. The predicted octanol–water partition coefficient (Wildman–Crippen LogP) is 5.11. The van der Waals surface area contributed by atoms with Gasteiger partial charge in [0, 0.05) is 5.54 Å². The molecule has 0 bridgehead atoms. The van der Waals surface area contributed by atoms with E-state index in [9.17, 15) is 4.79 Å². The van der Waals surface area contributed by atoms with Gasteiger partial charge in [-0.15, -0.1) is 0 Å². The highest BCUT2D eigenvalue weighted by Crippen LogP contribution is 2.36. The zero-order chi connectivity index (χ0) is 15.7. The molecular weight excluding hydrogens is 258 g/mol. The molecule has 1 aliphatic carbocycles. The average molecular weight is 296 g/mol. The van der Waals surface area contributed by atoms with Gasteiger partial charge in [-0.3, -0.25) is 4.79 Å². The minimum atomic E-state index is 0.179. The fourth-order valence-corrected chi connectivity index (χ4v) is 3.88. The summed E-state index contributed by atoms with van der Waals surface area (Å²) < 4.78 is 0. The summed E-state index contributed by atoms with van der Waals surface area (Å²) in [6.45, 7) is 9.32. The topological polar surface area (TPSA) is 29.1 Å². The third kappa shape index (κ3) is 6.10. The highest BCUT2D eigenvalue weighted by molar-refractivity contribution is 5.77. The van der Waals surface area contributed by atoms with E-state index < -0.39 is 0 Å². The van der Waals surface area contributed by atoms with Crippen molar-refractivity contribution in [2.45, 2.75) is 97.4 Å². The molecule has 1 rings (SSSR count). The Hall–Kier alpha value is -0.370. The van der Waals surface area contributed by atoms with Gasteiger partial charge in [-0.1, -0.05) is 72.1 Å². The lowest BCUT2D eigenvalue weighted by Crippen LogP contribution is -2.53. The van der Waals surface area contributed by atoms with E-state index in [-0.39, 0.29) is 11.3 Å². The minimum absolute atomic E-state index is 0.179. The van der Waals surface area contributed by atoms with E-state index in [1.54, 1.807) is 6.92 Å². The smallest absolute Gasteiger partial charge is 0.143 e. The zero-order valence-corrected chi connectivity index (χ0v) is 14.8. The molecule has 2 atom stereocenters. The van der Waals surface area contributed by atoms with E-state index in [0.29, 0.717) is 18.4 Å². The summed E-state index contributed by atoms with van der Waals surface area (Å²) in [7, 11) is 0.